The number of benzene rings is 1. The zero-order valence-corrected chi connectivity index (χ0v) is 12.7. The van der Waals surface area contributed by atoms with E-state index in [0.717, 1.165) is 23.0 Å². The molecule has 1 aromatic heterocycles. The first-order valence-corrected chi connectivity index (χ1v) is 7.22. The quantitative estimate of drug-likeness (QED) is 0.905. The molecule has 1 aromatic carbocycles. The minimum atomic E-state index is 0.313. The van der Waals surface area contributed by atoms with Crippen LogP contribution in [0.3, 0.4) is 0 Å². The Morgan fingerprint density at radius 1 is 1.26 bits per heavy atom. The van der Waals surface area contributed by atoms with E-state index in [4.69, 9.17) is 4.74 Å². The molecule has 0 aliphatic heterocycles. The van der Waals surface area contributed by atoms with Crippen molar-refractivity contribution in [3.63, 3.8) is 0 Å². The smallest absolute Gasteiger partial charge is 0.118 e. The van der Waals surface area contributed by atoms with Gasteiger partial charge >= 0.3 is 0 Å². The van der Waals surface area contributed by atoms with Crippen LogP contribution in [0, 0.1) is 13.8 Å². The van der Waals surface area contributed by atoms with Gasteiger partial charge in [-0.2, -0.15) is 0 Å². The highest BCUT2D eigenvalue weighted by atomic mass is 32.1. The highest BCUT2D eigenvalue weighted by Gasteiger charge is 2.08. The van der Waals surface area contributed by atoms with Gasteiger partial charge in [0.2, 0.25) is 0 Å². The van der Waals surface area contributed by atoms with Gasteiger partial charge in [0.1, 0.15) is 5.75 Å². The Labute approximate surface area is 118 Å². The second-order valence-electron chi connectivity index (χ2n) is 4.62. The number of aryl methyl sites for hydroxylation is 2. The Hall–Kier alpha value is -1.39. The summed E-state index contributed by atoms with van der Waals surface area (Å²) in [6.45, 7) is 7.15. The monoisotopic (exact) mass is 276 g/mol. The van der Waals surface area contributed by atoms with Crippen LogP contribution in [0.1, 0.15) is 34.1 Å². The third kappa shape index (κ3) is 3.55. The van der Waals surface area contributed by atoms with Crippen molar-refractivity contribution in [2.24, 2.45) is 0 Å². The average Bonchev–Trinajstić information content (AvgIpc) is 2.74. The van der Waals surface area contributed by atoms with E-state index in [1.54, 1.807) is 18.4 Å². The lowest BCUT2D eigenvalue weighted by atomic mass is 10.1. The third-order valence-corrected chi connectivity index (χ3v) is 4.26. The molecule has 0 saturated heterocycles. The molecule has 0 radical (unpaired) electrons. The van der Waals surface area contributed by atoms with Crippen LogP contribution in [0.15, 0.2) is 24.3 Å². The normalized spacial score (nSPS) is 12.4. The number of thiazole rings is 1. The van der Waals surface area contributed by atoms with Crippen molar-refractivity contribution < 1.29 is 4.74 Å². The van der Waals surface area contributed by atoms with Crippen molar-refractivity contribution in [1.29, 1.82) is 0 Å². The summed E-state index contributed by atoms with van der Waals surface area (Å²) in [5, 5.41) is 4.67. The molecule has 0 saturated carbocycles. The Balaban J connectivity index is 1.96. The average molecular weight is 276 g/mol. The second kappa shape index (κ2) is 6.17. The molecule has 1 N–H and O–H groups in total. The molecule has 1 atom stereocenters. The van der Waals surface area contributed by atoms with E-state index < -0.39 is 0 Å². The van der Waals surface area contributed by atoms with Crippen molar-refractivity contribution in [1.82, 2.24) is 10.3 Å². The zero-order valence-electron chi connectivity index (χ0n) is 11.9. The fourth-order valence-electron chi connectivity index (χ4n) is 1.99. The number of hydrogen-bond acceptors (Lipinski definition) is 4. The molecule has 1 heterocycles. The third-order valence-electron chi connectivity index (χ3n) is 3.18. The Bertz CT molecular complexity index is 534. The standard InChI is InChI=1S/C15H20N2OS/c1-10(13-5-7-14(18-4)8-6-13)16-9-15-11(2)17-12(3)19-15/h5-8,10,16H,9H2,1-4H3. The van der Waals surface area contributed by atoms with Gasteiger partial charge in [-0.3, -0.25) is 0 Å². The predicted molar refractivity (Wildman–Crippen MR) is 79.8 cm³/mol. The molecule has 0 aliphatic carbocycles. The fourth-order valence-corrected chi connectivity index (χ4v) is 2.88. The Morgan fingerprint density at radius 2 is 1.95 bits per heavy atom. The predicted octanol–water partition coefficient (Wildman–Crippen LogP) is 3.62. The molecule has 3 nitrogen and oxygen atoms in total. The van der Waals surface area contributed by atoms with Gasteiger partial charge in [0, 0.05) is 17.5 Å². The van der Waals surface area contributed by atoms with Gasteiger partial charge in [-0.1, -0.05) is 12.1 Å². The maximum absolute atomic E-state index is 5.17. The van der Waals surface area contributed by atoms with Gasteiger partial charge in [0.25, 0.3) is 0 Å². The van der Waals surface area contributed by atoms with E-state index in [9.17, 15) is 0 Å². The summed E-state index contributed by atoms with van der Waals surface area (Å²) in [6, 6.07) is 8.50. The molecule has 4 heteroatoms. The Kier molecular flexibility index (Phi) is 4.56. The number of nitrogens with zero attached hydrogens (tertiary/aromatic N) is 1. The van der Waals surface area contributed by atoms with E-state index in [0.29, 0.717) is 6.04 Å². The number of aromatic nitrogens is 1. The lowest BCUT2D eigenvalue weighted by Crippen LogP contribution is -2.17. The van der Waals surface area contributed by atoms with Crippen LogP contribution in [0.2, 0.25) is 0 Å². The Morgan fingerprint density at radius 3 is 2.47 bits per heavy atom. The molecule has 0 fully saturated rings. The van der Waals surface area contributed by atoms with Crippen LogP contribution < -0.4 is 10.1 Å². The van der Waals surface area contributed by atoms with Gasteiger partial charge in [0.05, 0.1) is 17.8 Å². The van der Waals surface area contributed by atoms with E-state index >= 15 is 0 Å². The lowest BCUT2D eigenvalue weighted by molar-refractivity contribution is 0.414. The summed E-state index contributed by atoms with van der Waals surface area (Å²) >= 11 is 1.76. The van der Waals surface area contributed by atoms with E-state index in [-0.39, 0.29) is 0 Å². The number of ether oxygens (including phenoxy) is 1. The topological polar surface area (TPSA) is 34.1 Å². The van der Waals surface area contributed by atoms with E-state index in [2.05, 4.69) is 36.3 Å². The molecule has 1 unspecified atom stereocenters. The molecule has 19 heavy (non-hydrogen) atoms. The van der Waals surface area contributed by atoms with E-state index in [1.807, 2.05) is 19.1 Å². The number of methoxy groups -OCH3 is 1. The first-order valence-electron chi connectivity index (χ1n) is 6.40. The molecule has 0 amide bonds. The fraction of sp³-hybridized carbons (Fsp3) is 0.400. The van der Waals surface area contributed by atoms with Gasteiger partial charge < -0.3 is 10.1 Å². The maximum atomic E-state index is 5.17. The van der Waals surface area contributed by atoms with Gasteiger partial charge in [-0.05, 0) is 38.5 Å². The molecular weight excluding hydrogens is 256 g/mol. The van der Waals surface area contributed by atoms with Crippen molar-refractivity contribution in [2.45, 2.75) is 33.4 Å². The van der Waals surface area contributed by atoms with Crippen LogP contribution in [0.25, 0.3) is 0 Å². The van der Waals surface area contributed by atoms with Crippen molar-refractivity contribution in [2.75, 3.05) is 7.11 Å². The van der Waals surface area contributed by atoms with E-state index in [1.165, 1.54) is 10.4 Å². The maximum Gasteiger partial charge on any atom is 0.118 e. The van der Waals surface area contributed by atoms with Crippen LogP contribution in [-0.4, -0.2) is 12.1 Å². The van der Waals surface area contributed by atoms with Crippen molar-refractivity contribution in [3.05, 3.63) is 45.4 Å². The summed E-state index contributed by atoms with van der Waals surface area (Å²) in [4.78, 5) is 5.76. The first kappa shape index (κ1) is 14.0. The summed E-state index contributed by atoms with van der Waals surface area (Å²) in [5.41, 5.74) is 2.40. The lowest BCUT2D eigenvalue weighted by Gasteiger charge is -2.14. The number of hydrogen-bond donors (Lipinski definition) is 1. The number of nitrogens with one attached hydrogen (secondary N) is 1. The zero-order chi connectivity index (χ0) is 13.8. The molecule has 0 bridgehead atoms. The molecule has 102 valence electrons. The minimum Gasteiger partial charge on any atom is -0.497 e. The van der Waals surface area contributed by atoms with Crippen LogP contribution in [0.5, 0.6) is 5.75 Å². The van der Waals surface area contributed by atoms with Crippen LogP contribution in [0.4, 0.5) is 0 Å². The highest BCUT2D eigenvalue weighted by Crippen LogP contribution is 2.20. The minimum absolute atomic E-state index is 0.313. The molecular formula is C15H20N2OS. The summed E-state index contributed by atoms with van der Waals surface area (Å²) in [7, 11) is 1.69. The van der Waals surface area contributed by atoms with Gasteiger partial charge in [0.15, 0.2) is 0 Å². The number of rotatable bonds is 5. The summed E-state index contributed by atoms with van der Waals surface area (Å²) in [6.07, 6.45) is 0. The summed E-state index contributed by atoms with van der Waals surface area (Å²) in [5.74, 6) is 0.893. The van der Waals surface area contributed by atoms with Crippen molar-refractivity contribution in [3.8, 4) is 5.75 Å². The molecule has 0 aliphatic rings. The second-order valence-corrected chi connectivity index (χ2v) is 5.90. The first-order chi connectivity index (χ1) is 9.10. The molecule has 0 spiro atoms. The SMILES string of the molecule is COc1ccc(C(C)NCc2sc(C)nc2C)cc1. The van der Waals surface area contributed by atoms with Gasteiger partial charge in [-0.25, -0.2) is 4.98 Å². The molecule has 2 rings (SSSR count). The van der Waals surface area contributed by atoms with Crippen LogP contribution in [-0.2, 0) is 6.54 Å². The van der Waals surface area contributed by atoms with Gasteiger partial charge in [-0.15, -0.1) is 11.3 Å². The van der Waals surface area contributed by atoms with Crippen molar-refractivity contribution >= 4 is 11.3 Å². The summed E-state index contributed by atoms with van der Waals surface area (Å²) < 4.78 is 5.17. The van der Waals surface area contributed by atoms with Crippen LogP contribution >= 0.6 is 11.3 Å². The largest absolute Gasteiger partial charge is 0.497 e. The highest BCUT2D eigenvalue weighted by molar-refractivity contribution is 7.11. The molecule has 2 aromatic rings.